The summed E-state index contributed by atoms with van der Waals surface area (Å²) < 4.78 is 1.72. The molecule has 0 radical (unpaired) electrons. The zero-order chi connectivity index (χ0) is 13.8. The van der Waals surface area contributed by atoms with Crippen molar-refractivity contribution in [2.45, 2.75) is 26.7 Å². The fourth-order valence-electron chi connectivity index (χ4n) is 1.75. The van der Waals surface area contributed by atoms with E-state index in [0.29, 0.717) is 11.9 Å². The molecular weight excluding hydrogens is 236 g/mol. The van der Waals surface area contributed by atoms with Crippen molar-refractivity contribution in [3.05, 3.63) is 48.1 Å². The minimum atomic E-state index is 0.422. The number of rotatable bonds is 4. The standard InChI is InChI=1S/C15H18N4/c1-5-7-14-12(6-2)10-18-19(14)15-16-8-13(9-17-15)11(3)4/h5-11H,2H2,1,3-4H3/b7-5-. The molecule has 0 saturated heterocycles. The number of allylic oxidation sites excluding steroid dienone is 1. The van der Waals surface area contributed by atoms with Gasteiger partial charge in [-0.05, 0) is 24.5 Å². The van der Waals surface area contributed by atoms with E-state index in [1.807, 2.05) is 31.5 Å². The van der Waals surface area contributed by atoms with Crippen molar-refractivity contribution in [1.29, 1.82) is 0 Å². The lowest BCUT2D eigenvalue weighted by atomic mass is 10.1. The zero-order valence-corrected chi connectivity index (χ0v) is 11.5. The Morgan fingerprint density at radius 3 is 2.42 bits per heavy atom. The SMILES string of the molecule is C=Cc1cnn(-c2ncc(C(C)C)cn2)c1/C=C\C. The van der Waals surface area contributed by atoms with Crippen LogP contribution in [-0.4, -0.2) is 19.7 Å². The third kappa shape index (κ3) is 2.62. The Bertz CT molecular complexity index is 591. The molecule has 0 fully saturated rings. The minimum Gasteiger partial charge on any atom is -0.219 e. The first-order valence-electron chi connectivity index (χ1n) is 6.32. The van der Waals surface area contributed by atoms with Crippen molar-refractivity contribution in [1.82, 2.24) is 19.7 Å². The van der Waals surface area contributed by atoms with Crippen LogP contribution in [0.4, 0.5) is 0 Å². The van der Waals surface area contributed by atoms with Crippen LogP contribution in [-0.2, 0) is 0 Å². The van der Waals surface area contributed by atoms with Gasteiger partial charge in [-0.1, -0.05) is 32.6 Å². The minimum absolute atomic E-state index is 0.422. The van der Waals surface area contributed by atoms with Gasteiger partial charge in [0.05, 0.1) is 11.9 Å². The van der Waals surface area contributed by atoms with Crippen molar-refractivity contribution in [2.24, 2.45) is 0 Å². The first kappa shape index (κ1) is 13.2. The van der Waals surface area contributed by atoms with E-state index < -0.39 is 0 Å². The Morgan fingerprint density at radius 1 is 1.21 bits per heavy atom. The van der Waals surface area contributed by atoms with Crippen LogP contribution in [0.2, 0.25) is 0 Å². The highest BCUT2D eigenvalue weighted by atomic mass is 15.3. The molecule has 0 bridgehead atoms. The molecule has 0 spiro atoms. The number of nitrogens with zero attached hydrogens (tertiary/aromatic N) is 4. The Hall–Kier alpha value is -2.23. The number of hydrogen-bond acceptors (Lipinski definition) is 3. The quantitative estimate of drug-likeness (QED) is 0.839. The molecule has 4 nitrogen and oxygen atoms in total. The summed E-state index contributed by atoms with van der Waals surface area (Å²) >= 11 is 0. The van der Waals surface area contributed by atoms with Crippen LogP contribution in [0.25, 0.3) is 18.1 Å². The number of aromatic nitrogens is 4. The maximum Gasteiger partial charge on any atom is 0.251 e. The van der Waals surface area contributed by atoms with Gasteiger partial charge in [0.1, 0.15) is 0 Å². The van der Waals surface area contributed by atoms with Crippen LogP contribution in [0.15, 0.2) is 31.2 Å². The molecule has 0 N–H and O–H groups in total. The van der Waals surface area contributed by atoms with Gasteiger partial charge in [-0.3, -0.25) is 0 Å². The first-order valence-corrected chi connectivity index (χ1v) is 6.32. The molecule has 19 heavy (non-hydrogen) atoms. The molecule has 2 rings (SSSR count). The summed E-state index contributed by atoms with van der Waals surface area (Å²) in [6, 6.07) is 0. The molecule has 2 aromatic rings. The van der Waals surface area contributed by atoms with Gasteiger partial charge in [-0.15, -0.1) is 0 Å². The van der Waals surface area contributed by atoms with E-state index in [1.54, 1.807) is 17.0 Å². The molecule has 0 aliphatic carbocycles. The first-order chi connectivity index (χ1) is 9.17. The van der Waals surface area contributed by atoms with E-state index in [-0.39, 0.29) is 0 Å². The molecule has 0 aliphatic rings. The molecule has 0 aromatic carbocycles. The molecule has 0 unspecified atom stereocenters. The third-order valence-electron chi connectivity index (χ3n) is 2.89. The smallest absolute Gasteiger partial charge is 0.219 e. The molecule has 0 atom stereocenters. The van der Waals surface area contributed by atoms with E-state index in [1.165, 1.54) is 0 Å². The van der Waals surface area contributed by atoms with Crippen molar-refractivity contribution in [2.75, 3.05) is 0 Å². The van der Waals surface area contributed by atoms with Crippen LogP contribution in [0.3, 0.4) is 0 Å². The second-order valence-electron chi connectivity index (χ2n) is 4.57. The summed E-state index contributed by atoms with van der Waals surface area (Å²) in [6.07, 6.45) is 11.2. The predicted octanol–water partition coefficient (Wildman–Crippen LogP) is 3.46. The molecule has 2 aromatic heterocycles. The summed E-state index contributed by atoms with van der Waals surface area (Å²) in [5.41, 5.74) is 3.02. The molecule has 98 valence electrons. The van der Waals surface area contributed by atoms with Crippen LogP contribution >= 0.6 is 0 Å². The van der Waals surface area contributed by atoms with Gasteiger partial charge in [-0.2, -0.15) is 9.78 Å². The van der Waals surface area contributed by atoms with Crippen LogP contribution in [0, 0.1) is 0 Å². The highest BCUT2D eigenvalue weighted by Gasteiger charge is 2.10. The summed E-state index contributed by atoms with van der Waals surface area (Å²) in [6.45, 7) is 9.99. The molecule has 0 aliphatic heterocycles. The van der Waals surface area contributed by atoms with Gasteiger partial charge in [-0.25, -0.2) is 9.97 Å². The molecule has 4 heteroatoms. The van der Waals surface area contributed by atoms with Gasteiger partial charge < -0.3 is 0 Å². The van der Waals surface area contributed by atoms with E-state index >= 15 is 0 Å². The predicted molar refractivity (Wildman–Crippen MR) is 78.0 cm³/mol. The lowest BCUT2D eigenvalue weighted by molar-refractivity contribution is 0.778. The summed E-state index contributed by atoms with van der Waals surface area (Å²) in [7, 11) is 0. The zero-order valence-electron chi connectivity index (χ0n) is 11.5. The summed E-state index contributed by atoms with van der Waals surface area (Å²) in [5.74, 6) is 0.996. The lowest BCUT2D eigenvalue weighted by Gasteiger charge is -2.06. The average Bonchev–Trinajstić information content (AvgIpc) is 2.82. The third-order valence-corrected chi connectivity index (χ3v) is 2.89. The van der Waals surface area contributed by atoms with Crippen molar-refractivity contribution in [3.8, 4) is 5.95 Å². The van der Waals surface area contributed by atoms with Gasteiger partial charge in [0.15, 0.2) is 0 Å². The Kier molecular flexibility index (Phi) is 3.90. The van der Waals surface area contributed by atoms with Crippen molar-refractivity contribution in [3.63, 3.8) is 0 Å². The fraction of sp³-hybridized carbons (Fsp3) is 0.267. The Morgan fingerprint density at radius 2 is 1.89 bits per heavy atom. The monoisotopic (exact) mass is 254 g/mol. The average molecular weight is 254 g/mol. The highest BCUT2D eigenvalue weighted by Crippen LogP contribution is 2.16. The maximum atomic E-state index is 4.38. The van der Waals surface area contributed by atoms with Crippen molar-refractivity contribution < 1.29 is 0 Å². The molecule has 0 amide bonds. The van der Waals surface area contributed by atoms with Gasteiger partial charge in [0.2, 0.25) is 0 Å². The topological polar surface area (TPSA) is 43.6 Å². The second-order valence-corrected chi connectivity index (χ2v) is 4.57. The number of hydrogen-bond donors (Lipinski definition) is 0. The normalized spacial score (nSPS) is 11.4. The lowest BCUT2D eigenvalue weighted by Crippen LogP contribution is -2.05. The molecule has 0 saturated carbocycles. The molecule has 2 heterocycles. The van der Waals surface area contributed by atoms with E-state index in [2.05, 4.69) is 35.5 Å². The Balaban J connectivity index is 2.46. The van der Waals surface area contributed by atoms with Crippen LogP contribution < -0.4 is 0 Å². The highest BCUT2D eigenvalue weighted by molar-refractivity contribution is 5.62. The van der Waals surface area contributed by atoms with E-state index in [9.17, 15) is 0 Å². The Labute approximate surface area is 113 Å². The summed E-state index contributed by atoms with van der Waals surface area (Å²) in [4.78, 5) is 8.76. The fourth-order valence-corrected chi connectivity index (χ4v) is 1.75. The van der Waals surface area contributed by atoms with Crippen LogP contribution in [0.5, 0.6) is 0 Å². The van der Waals surface area contributed by atoms with E-state index in [4.69, 9.17) is 0 Å². The van der Waals surface area contributed by atoms with Gasteiger partial charge >= 0.3 is 0 Å². The van der Waals surface area contributed by atoms with E-state index in [0.717, 1.165) is 16.8 Å². The summed E-state index contributed by atoms with van der Waals surface area (Å²) in [5, 5.41) is 4.32. The maximum absolute atomic E-state index is 4.38. The largest absolute Gasteiger partial charge is 0.251 e. The van der Waals surface area contributed by atoms with Crippen LogP contribution in [0.1, 0.15) is 43.5 Å². The van der Waals surface area contributed by atoms with Crippen molar-refractivity contribution >= 4 is 12.2 Å². The van der Waals surface area contributed by atoms with Gasteiger partial charge in [0, 0.05) is 18.0 Å². The second kappa shape index (κ2) is 5.61. The molecular formula is C15H18N4. The van der Waals surface area contributed by atoms with Gasteiger partial charge in [0.25, 0.3) is 5.95 Å².